The second-order valence-electron chi connectivity index (χ2n) is 4.04. The molecule has 0 radical (unpaired) electrons. The molecule has 0 bridgehead atoms. The third-order valence-corrected chi connectivity index (χ3v) is 3.72. The summed E-state index contributed by atoms with van der Waals surface area (Å²) in [5.41, 5.74) is 3.77. The zero-order valence-electron chi connectivity index (χ0n) is 9.83. The lowest BCUT2D eigenvalue weighted by Gasteiger charge is -1.96. The van der Waals surface area contributed by atoms with Crippen molar-refractivity contribution in [1.29, 1.82) is 0 Å². The first-order valence-electron chi connectivity index (χ1n) is 5.65. The average molecular weight is 306 g/mol. The van der Waals surface area contributed by atoms with Crippen molar-refractivity contribution in [1.82, 2.24) is 15.5 Å². The van der Waals surface area contributed by atoms with Crippen molar-refractivity contribution < 1.29 is 4.42 Å². The molecule has 5 heteroatoms. The van der Waals surface area contributed by atoms with Crippen molar-refractivity contribution in [3.05, 3.63) is 40.7 Å². The lowest BCUT2D eigenvalue weighted by atomic mass is 10.1. The fourth-order valence-corrected chi connectivity index (χ4v) is 2.53. The van der Waals surface area contributed by atoms with Crippen molar-refractivity contribution >= 4 is 26.9 Å². The summed E-state index contributed by atoms with van der Waals surface area (Å²) in [6.07, 6.45) is 1.74. The Hall–Kier alpha value is -1.59. The van der Waals surface area contributed by atoms with Crippen LogP contribution in [0.3, 0.4) is 0 Å². The number of aromatic nitrogens is 2. The average Bonchev–Trinajstić information content (AvgIpc) is 2.95. The Morgan fingerprint density at radius 3 is 3.06 bits per heavy atom. The fraction of sp³-hybridized carbons (Fsp3) is 0.154. The van der Waals surface area contributed by atoms with Gasteiger partial charge in [0, 0.05) is 17.5 Å². The smallest absolute Gasteiger partial charge is 0.134 e. The lowest BCUT2D eigenvalue weighted by molar-refractivity contribution is 0.616. The zero-order valence-corrected chi connectivity index (χ0v) is 11.4. The Bertz CT molecular complexity index is 686. The number of hydrogen-bond donors (Lipinski definition) is 2. The molecule has 0 amide bonds. The minimum absolute atomic E-state index is 0.739. The molecule has 0 saturated carbocycles. The number of aromatic amines is 1. The Kier molecular flexibility index (Phi) is 2.93. The van der Waals surface area contributed by atoms with Crippen LogP contribution >= 0.6 is 15.9 Å². The number of nitrogens with zero attached hydrogens (tertiary/aromatic N) is 1. The van der Waals surface area contributed by atoms with Crippen LogP contribution in [0.5, 0.6) is 0 Å². The summed E-state index contributed by atoms with van der Waals surface area (Å²) in [7, 11) is 1.90. The highest BCUT2D eigenvalue weighted by Gasteiger charge is 2.16. The van der Waals surface area contributed by atoms with Gasteiger partial charge in [-0.25, -0.2) is 0 Å². The van der Waals surface area contributed by atoms with Crippen LogP contribution in [0.2, 0.25) is 0 Å². The number of hydrogen-bond acceptors (Lipinski definition) is 3. The molecule has 2 N–H and O–H groups in total. The van der Waals surface area contributed by atoms with Crippen LogP contribution in [-0.4, -0.2) is 17.2 Å². The molecule has 3 rings (SSSR count). The number of halogens is 1. The molecule has 3 aromatic rings. The number of benzene rings is 1. The second-order valence-corrected chi connectivity index (χ2v) is 4.83. The van der Waals surface area contributed by atoms with E-state index in [1.807, 2.05) is 31.3 Å². The summed E-state index contributed by atoms with van der Waals surface area (Å²) in [5.74, 6) is 0. The second kappa shape index (κ2) is 4.59. The molecular weight excluding hydrogens is 294 g/mol. The van der Waals surface area contributed by atoms with E-state index in [4.69, 9.17) is 4.42 Å². The maximum absolute atomic E-state index is 5.54. The molecule has 0 saturated heterocycles. The first-order chi connectivity index (χ1) is 8.81. The van der Waals surface area contributed by atoms with Gasteiger partial charge in [-0.05, 0) is 29.0 Å². The first-order valence-corrected chi connectivity index (χ1v) is 6.44. The Morgan fingerprint density at radius 2 is 2.22 bits per heavy atom. The van der Waals surface area contributed by atoms with Gasteiger partial charge in [0.2, 0.25) is 0 Å². The maximum atomic E-state index is 5.54. The van der Waals surface area contributed by atoms with Crippen molar-refractivity contribution in [2.24, 2.45) is 0 Å². The highest BCUT2D eigenvalue weighted by molar-refractivity contribution is 9.10. The molecule has 18 heavy (non-hydrogen) atoms. The van der Waals surface area contributed by atoms with Crippen molar-refractivity contribution in [3.63, 3.8) is 0 Å². The largest absolute Gasteiger partial charge is 0.464 e. The summed E-state index contributed by atoms with van der Waals surface area (Å²) < 4.78 is 6.51. The highest BCUT2D eigenvalue weighted by Crippen LogP contribution is 2.34. The first kappa shape index (κ1) is 11.5. The van der Waals surface area contributed by atoms with Crippen molar-refractivity contribution in [3.8, 4) is 11.3 Å². The summed E-state index contributed by atoms with van der Waals surface area (Å²) in [5, 5.41) is 11.5. The van der Waals surface area contributed by atoms with Gasteiger partial charge in [0.1, 0.15) is 17.5 Å². The van der Waals surface area contributed by atoms with E-state index >= 15 is 0 Å². The van der Waals surface area contributed by atoms with Gasteiger partial charge < -0.3 is 9.73 Å². The standard InChI is InChI=1S/C13H12BrN3O/c1-15-6-10-12(14)13(17-16-10)9-7-18-11-5-3-2-4-8(9)11/h2-5,7,15H,6H2,1H3,(H,16,17). The van der Waals surface area contributed by atoms with Crippen LogP contribution in [0.1, 0.15) is 5.69 Å². The Balaban J connectivity index is 2.15. The molecule has 0 unspecified atom stereocenters. The van der Waals surface area contributed by atoms with Gasteiger partial charge in [-0.15, -0.1) is 0 Å². The van der Waals surface area contributed by atoms with Crippen LogP contribution in [0.15, 0.2) is 39.4 Å². The van der Waals surface area contributed by atoms with Crippen LogP contribution < -0.4 is 5.32 Å². The maximum Gasteiger partial charge on any atom is 0.134 e. The van der Waals surface area contributed by atoms with E-state index in [0.29, 0.717) is 0 Å². The van der Waals surface area contributed by atoms with Gasteiger partial charge in [-0.2, -0.15) is 5.10 Å². The molecule has 1 aromatic carbocycles. The van der Waals surface area contributed by atoms with Crippen LogP contribution in [0.25, 0.3) is 22.2 Å². The van der Waals surface area contributed by atoms with Crippen molar-refractivity contribution in [2.75, 3.05) is 7.05 Å². The quantitative estimate of drug-likeness (QED) is 0.780. The minimum atomic E-state index is 0.739. The summed E-state index contributed by atoms with van der Waals surface area (Å²) in [4.78, 5) is 0. The topological polar surface area (TPSA) is 53.9 Å². The molecular formula is C13H12BrN3O. The monoisotopic (exact) mass is 305 g/mol. The fourth-order valence-electron chi connectivity index (χ4n) is 2.00. The minimum Gasteiger partial charge on any atom is -0.464 e. The van der Waals surface area contributed by atoms with Gasteiger partial charge in [0.25, 0.3) is 0 Å². The molecule has 0 aliphatic heterocycles. The molecule has 0 atom stereocenters. The number of furan rings is 1. The number of rotatable bonds is 3. The predicted molar refractivity (Wildman–Crippen MR) is 74.3 cm³/mol. The third-order valence-electron chi connectivity index (χ3n) is 2.87. The van der Waals surface area contributed by atoms with Crippen molar-refractivity contribution in [2.45, 2.75) is 6.54 Å². The molecule has 2 heterocycles. The van der Waals surface area contributed by atoms with E-state index in [0.717, 1.165) is 38.9 Å². The van der Waals surface area contributed by atoms with Gasteiger partial charge in [-0.1, -0.05) is 18.2 Å². The lowest BCUT2D eigenvalue weighted by Crippen LogP contribution is -2.05. The SMILES string of the molecule is CNCc1[nH]nc(-c2coc3ccccc23)c1Br. The molecule has 0 aliphatic rings. The third kappa shape index (κ3) is 1.76. The van der Waals surface area contributed by atoms with Gasteiger partial charge in [0.05, 0.1) is 10.2 Å². The summed E-state index contributed by atoms with van der Waals surface area (Å²) in [6.45, 7) is 0.739. The Labute approximate surface area is 113 Å². The number of H-pyrrole nitrogens is 1. The number of nitrogens with one attached hydrogen (secondary N) is 2. The van der Waals surface area contributed by atoms with Gasteiger partial charge in [-0.3, -0.25) is 5.10 Å². The van der Waals surface area contributed by atoms with E-state index in [9.17, 15) is 0 Å². The zero-order chi connectivity index (χ0) is 12.5. The van der Waals surface area contributed by atoms with E-state index in [1.54, 1.807) is 6.26 Å². The van der Waals surface area contributed by atoms with E-state index < -0.39 is 0 Å². The number of fused-ring (bicyclic) bond motifs is 1. The molecule has 0 aliphatic carbocycles. The molecule has 4 nitrogen and oxygen atoms in total. The molecule has 2 aromatic heterocycles. The van der Waals surface area contributed by atoms with Gasteiger partial charge in [0.15, 0.2) is 0 Å². The summed E-state index contributed by atoms with van der Waals surface area (Å²) in [6, 6.07) is 7.94. The summed E-state index contributed by atoms with van der Waals surface area (Å²) >= 11 is 3.58. The van der Waals surface area contributed by atoms with E-state index in [-0.39, 0.29) is 0 Å². The molecule has 0 spiro atoms. The van der Waals surface area contributed by atoms with E-state index in [2.05, 4.69) is 31.4 Å². The normalized spacial score (nSPS) is 11.2. The van der Waals surface area contributed by atoms with Crippen LogP contribution in [-0.2, 0) is 6.54 Å². The molecule has 0 fully saturated rings. The van der Waals surface area contributed by atoms with E-state index in [1.165, 1.54) is 0 Å². The van der Waals surface area contributed by atoms with Crippen LogP contribution in [0, 0.1) is 0 Å². The highest BCUT2D eigenvalue weighted by atomic mass is 79.9. The molecule has 92 valence electrons. The predicted octanol–water partition coefficient (Wildman–Crippen LogP) is 3.30. The number of para-hydroxylation sites is 1. The Morgan fingerprint density at radius 1 is 1.39 bits per heavy atom. The van der Waals surface area contributed by atoms with Gasteiger partial charge >= 0.3 is 0 Å². The van der Waals surface area contributed by atoms with Crippen LogP contribution in [0.4, 0.5) is 0 Å².